The summed E-state index contributed by atoms with van der Waals surface area (Å²) < 4.78 is 11.7. The van der Waals surface area contributed by atoms with Crippen LogP contribution in [0.15, 0.2) is 21.2 Å². The van der Waals surface area contributed by atoms with Gasteiger partial charge in [0.05, 0.1) is 17.3 Å². The number of ether oxygens (including phenoxy) is 1. The SMILES string of the molecule is CC(C)(C)OC(=O)NCC1CCCC1NCc1occc1Br. The molecule has 0 aromatic carbocycles. The number of furan rings is 1. The van der Waals surface area contributed by atoms with Crippen molar-refractivity contribution in [3.8, 4) is 0 Å². The van der Waals surface area contributed by atoms with Gasteiger partial charge in [-0.1, -0.05) is 6.42 Å². The molecule has 1 fully saturated rings. The van der Waals surface area contributed by atoms with Crippen LogP contribution in [-0.2, 0) is 11.3 Å². The number of alkyl carbamates (subject to hydrolysis) is 1. The summed E-state index contributed by atoms with van der Waals surface area (Å²) in [6, 6.07) is 2.29. The Bertz CT molecular complexity index is 496. The molecule has 124 valence electrons. The Balaban J connectivity index is 1.76. The van der Waals surface area contributed by atoms with Crippen LogP contribution in [0.4, 0.5) is 4.79 Å². The molecule has 0 radical (unpaired) electrons. The fourth-order valence-corrected chi connectivity index (χ4v) is 3.10. The molecule has 2 N–H and O–H groups in total. The highest BCUT2D eigenvalue weighted by Crippen LogP contribution is 2.26. The lowest BCUT2D eigenvalue weighted by molar-refractivity contribution is 0.0517. The highest BCUT2D eigenvalue weighted by Gasteiger charge is 2.28. The van der Waals surface area contributed by atoms with Crippen molar-refractivity contribution in [2.75, 3.05) is 6.54 Å². The Morgan fingerprint density at radius 1 is 1.45 bits per heavy atom. The zero-order valence-corrected chi connectivity index (χ0v) is 15.0. The summed E-state index contributed by atoms with van der Waals surface area (Å²) in [6.45, 7) is 6.95. The summed E-state index contributed by atoms with van der Waals surface area (Å²) in [5.41, 5.74) is -0.455. The van der Waals surface area contributed by atoms with Crippen LogP contribution in [-0.4, -0.2) is 24.3 Å². The Morgan fingerprint density at radius 2 is 2.23 bits per heavy atom. The minimum Gasteiger partial charge on any atom is -0.467 e. The molecule has 1 heterocycles. The molecule has 2 unspecified atom stereocenters. The van der Waals surface area contributed by atoms with Gasteiger partial charge in [-0.25, -0.2) is 4.79 Å². The number of hydrogen-bond donors (Lipinski definition) is 2. The van der Waals surface area contributed by atoms with Gasteiger partial charge < -0.3 is 19.8 Å². The molecule has 1 amide bonds. The Morgan fingerprint density at radius 3 is 2.86 bits per heavy atom. The first-order chi connectivity index (χ1) is 10.3. The van der Waals surface area contributed by atoms with Gasteiger partial charge >= 0.3 is 6.09 Å². The molecular weight excluding hydrogens is 348 g/mol. The number of halogens is 1. The topological polar surface area (TPSA) is 63.5 Å². The van der Waals surface area contributed by atoms with E-state index in [2.05, 4.69) is 26.6 Å². The summed E-state index contributed by atoms with van der Waals surface area (Å²) in [5.74, 6) is 1.34. The number of hydrogen-bond acceptors (Lipinski definition) is 4. The van der Waals surface area contributed by atoms with E-state index in [1.165, 1.54) is 6.42 Å². The first kappa shape index (κ1) is 17.3. The van der Waals surface area contributed by atoms with Gasteiger partial charge in [-0.3, -0.25) is 0 Å². The molecule has 2 atom stereocenters. The molecule has 0 bridgehead atoms. The zero-order chi connectivity index (χ0) is 16.2. The number of rotatable bonds is 5. The summed E-state index contributed by atoms with van der Waals surface area (Å²) in [4.78, 5) is 11.7. The van der Waals surface area contributed by atoms with Gasteiger partial charge in [0.15, 0.2) is 0 Å². The van der Waals surface area contributed by atoms with Crippen molar-refractivity contribution in [2.24, 2.45) is 5.92 Å². The third-order valence-corrected chi connectivity index (χ3v) is 4.49. The fourth-order valence-electron chi connectivity index (χ4n) is 2.75. The fraction of sp³-hybridized carbons (Fsp3) is 0.688. The quantitative estimate of drug-likeness (QED) is 0.824. The van der Waals surface area contributed by atoms with E-state index in [1.807, 2.05) is 26.8 Å². The third-order valence-electron chi connectivity index (χ3n) is 3.78. The van der Waals surface area contributed by atoms with Crippen molar-refractivity contribution in [2.45, 2.75) is 58.2 Å². The van der Waals surface area contributed by atoms with E-state index < -0.39 is 5.60 Å². The van der Waals surface area contributed by atoms with Gasteiger partial charge in [-0.05, 0) is 61.5 Å². The predicted molar refractivity (Wildman–Crippen MR) is 88.6 cm³/mol. The third kappa shape index (κ3) is 5.32. The van der Waals surface area contributed by atoms with E-state index in [0.29, 0.717) is 25.0 Å². The molecule has 22 heavy (non-hydrogen) atoms. The number of nitrogens with one attached hydrogen (secondary N) is 2. The molecule has 5 nitrogen and oxygen atoms in total. The van der Waals surface area contributed by atoms with Gasteiger partial charge in [-0.15, -0.1) is 0 Å². The van der Waals surface area contributed by atoms with Crippen LogP contribution < -0.4 is 10.6 Å². The second-order valence-electron chi connectivity index (χ2n) is 6.75. The molecule has 0 aliphatic heterocycles. The maximum Gasteiger partial charge on any atom is 0.407 e. The van der Waals surface area contributed by atoms with Crippen LogP contribution in [0.25, 0.3) is 0 Å². The van der Waals surface area contributed by atoms with Gasteiger partial charge in [-0.2, -0.15) is 0 Å². The van der Waals surface area contributed by atoms with E-state index in [1.54, 1.807) is 6.26 Å². The summed E-state index contributed by atoms with van der Waals surface area (Å²) in [6.07, 6.45) is 4.76. The van der Waals surface area contributed by atoms with E-state index in [4.69, 9.17) is 9.15 Å². The second kappa shape index (κ2) is 7.51. The monoisotopic (exact) mass is 372 g/mol. The Labute approximate surface area is 140 Å². The smallest absolute Gasteiger partial charge is 0.407 e. The van der Waals surface area contributed by atoms with Crippen LogP contribution in [0.2, 0.25) is 0 Å². The minimum absolute atomic E-state index is 0.341. The van der Waals surface area contributed by atoms with Crippen molar-refractivity contribution < 1.29 is 13.9 Å². The van der Waals surface area contributed by atoms with Crippen molar-refractivity contribution in [3.63, 3.8) is 0 Å². The maximum absolute atomic E-state index is 11.7. The molecular formula is C16H25BrN2O3. The first-order valence-electron chi connectivity index (χ1n) is 7.77. The highest BCUT2D eigenvalue weighted by atomic mass is 79.9. The van der Waals surface area contributed by atoms with Gasteiger partial charge in [0, 0.05) is 12.6 Å². The normalized spacial score (nSPS) is 21.8. The standard InChI is InChI=1S/C16H25BrN2O3/c1-16(2,3)22-15(20)19-9-11-5-4-6-13(11)18-10-14-12(17)7-8-21-14/h7-8,11,13,18H,4-6,9-10H2,1-3H3,(H,19,20). The van der Waals surface area contributed by atoms with Crippen LogP contribution in [0, 0.1) is 5.92 Å². The zero-order valence-electron chi connectivity index (χ0n) is 13.4. The van der Waals surface area contributed by atoms with E-state index in [0.717, 1.165) is 23.1 Å². The molecule has 1 aliphatic carbocycles. The second-order valence-corrected chi connectivity index (χ2v) is 7.61. The van der Waals surface area contributed by atoms with Crippen molar-refractivity contribution in [1.29, 1.82) is 0 Å². The minimum atomic E-state index is -0.455. The van der Waals surface area contributed by atoms with Crippen LogP contribution >= 0.6 is 15.9 Å². The Hall–Kier alpha value is -1.01. The lowest BCUT2D eigenvalue weighted by atomic mass is 10.0. The van der Waals surface area contributed by atoms with Crippen LogP contribution in [0.5, 0.6) is 0 Å². The molecule has 1 saturated carbocycles. The summed E-state index contributed by atoms with van der Waals surface area (Å²) in [7, 11) is 0. The molecule has 0 saturated heterocycles. The van der Waals surface area contributed by atoms with Crippen LogP contribution in [0.3, 0.4) is 0 Å². The summed E-state index contributed by atoms with van der Waals surface area (Å²) in [5, 5.41) is 6.41. The molecule has 1 aromatic heterocycles. The number of amides is 1. The first-order valence-corrected chi connectivity index (χ1v) is 8.56. The molecule has 6 heteroatoms. The lowest BCUT2D eigenvalue weighted by Gasteiger charge is -2.23. The van der Waals surface area contributed by atoms with Gasteiger partial charge in [0.1, 0.15) is 11.4 Å². The van der Waals surface area contributed by atoms with E-state index >= 15 is 0 Å². The number of carbonyl (C=O) groups is 1. The molecule has 1 aliphatic rings. The van der Waals surface area contributed by atoms with E-state index in [-0.39, 0.29) is 6.09 Å². The average Bonchev–Trinajstić information content (AvgIpc) is 3.00. The van der Waals surface area contributed by atoms with Crippen molar-refractivity contribution in [3.05, 3.63) is 22.6 Å². The Kier molecular flexibility index (Phi) is 5.92. The van der Waals surface area contributed by atoms with E-state index in [9.17, 15) is 4.79 Å². The summed E-state index contributed by atoms with van der Waals surface area (Å²) >= 11 is 3.46. The van der Waals surface area contributed by atoms with Crippen molar-refractivity contribution in [1.82, 2.24) is 10.6 Å². The molecule has 1 aromatic rings. The lowest BCUT2D eigenvalue weighted by Crippen LogP contribution is -2.40. The van der Waals surface area contributed by atoms with Gasteiger partial charge in [0.2, 0.25) is 0 Å². The van der Waals surface area contributed by atoms with Crippen molar-refractivity contribution >= 4 is 22.0 Å². The largest absolute Gasteiger partial charge is 0.467 e. The predicted octanol–water partition coefficient (Wildman–Crippen LogP) is 3.83. The molecule has 2 rings (SSSR count). The van der Waals surface area contributed by atoms with Crippen LogP contribution in [0.1, 0.15) is 45.8 Å². The maximum atomic E-state index is 11.7. The number of carbonyl (C=O) groups excluding carboxylic acids is 1. The average molecular weight is 373 g/mol. The molecule has 0 spiro atoms. The highest BCUT2D eigenvalue weighted by molar-refractivity contribution is 9.10. The van der Waals surface area contributed by atoms with Gasteiger partial charge in [0.25, 0.3) is 0 Å².